The second-order valence-corrected chi connectivity index (χ2v) is 6.82. The molecule has 3 aliphatic heterocycles. The molecule has 150 valence electrons. The number of rotatable bonds is 4. The maximum atomic E-state index is 11.9. The molecule has 0 saturated carbocycles. The first-order valence-corrected chi connectivity index (χ1v) is 8.56. The van der Waals surface area contributed by atoms with E-state index in [1.807, 2.05) is 0 Å². The van der Waals surface area contributed by atoms with E-state index >= 15 is 0 Å². The lowest BCUT2D eigenvalue weighted by atomic mass is 9.82. The Hall–Kier alpha value is -3.05. The molecule has 1 aromatic rings. The molecule has 28 heavy (non-hydrogen) atoms. The van der Waals surface area contributed by atoms with Crippen LogP contribution in [0.5, 0.6) is 5.75 Å². The lowest BCUT2D eigenvalue weighted by molar-refractivity contribution is -0.263. The van der Waals surface area contributed by atoms with Crippen molar-refractivity contribution in [2.75, 3.05) is 25.3 Å². The topological polar surface area (TPSA) is 160 Å². The van der Waals surface area contributed by atoms with E-state index in [2.05, 4.69) is 5.32 Å². The fourth-order valence-electron chi connectivity index (χ4n) is 3.97. The van der Waals surface area contributed by atoms with E-state index < -0.39 is 29.7 Å². The van der Waals surface area contributed by atoms with Crippen LogP contribution in [0.2, 0.25) is 0 Å². The molecule has 0 aliphatic carbocycles. The van der Waals surface area contributed by atoms with Gasteiger partial charge in [-0.3, -0.25) is 4.79 Å². The minimum absolute atomic E-state index is 0.0544. The number of fused-ring (bicyclic) bond motifs is 6. The smallest absolute Gasteiger partial charge is 0.404 e. The quantitative estimate of drug-likeness (QED) is 0.353. The third-order valence-corrected chi connectivity index (χ3v) is 5.09. The van der Waals surface area contributed by atoms with Crippen LogP contribution in [0.1, 0.15) is 28.8 Å². The Morgan fingerprint density at radius 2 is 2.18 bits per heavy atom. The van der Waals surface area contributed by atoms with Crippen LogP contribution >= 0.6 is 0 Å². The highest BCUT2D eigenvalue weighted by Gasteiger charge is 2.68. The first-order valence-electron chi connectivity index (χ1n) is 8.56. The molecule has 2 bridgehead atoms. The summed E-state index contributed by atoms with van der Waals surface area (Å²) < 4.78 is 15.3. The Morgan fingerprint density at radius 1 is 1.43 bits per heavy atom. The summed E-state index contributed by atoms with van der Waals surface area (Å²) in [4.78, 5) is 41.0. The van der Waals surface area contributed by atoms with Gasteiger partial charge in [-0.2, -0.15) is 0 Å². The first-order chi connectivity index (χ1) is 13.3. The fraction of sp³-hybridized carbons (Fsp3) is 0.471. The average Bonchev–Trinajstić information content (AvgIpc) is 3.40. The number of benzene rings is 1. The number of aromatic hydroxyl groups is 1. The molecule has 3 aliphatic rings. The number of phenolic OH excluding ortho intramolecular Hbond substituents is 1. The lowest BCUT2D eigenvalue weighted by Crippen LogP contribution is -2.61. The molecule has 2 fully saturated rings. The van der Waals surface area contributed by atoms with Gasteiger partial charge in [0, 0.05) is 18.5 Å². The number of anilines is 1. The summed E-state index contributed by atoms with van der Waals surface area (Å²) >= 11 is 0. The van der Waals surface area contributed by atoms with Gasteiger partial charge in [0.15, 0.2) is 0 Å². The maximum absolute atomic E-state index is 11.9. The number of primary amides is 1. The summed E-state index contributed by atoms with van der Waals surface area (Å²) in [6.45, 7) is 1.32. The Kier molecular flexibility index (Phi) is 4.08. The molecule has 0 radical (unpaired) electrons. The van der Waals surface area contributed by atoms with E-state index in [-0.39, 0.29) is 30.0 Å². The van der Waals surface area contributed by atoms with Gasteiger partial charge >= 0.3 is 18.0 Å². The van der Waals surface area contributed by atoms with E-state index in [9.17, 15) is 19.5 Å². The highest BCUT2D eigenvalue weighted by atomic mass is 16.8. The molecule has 4 unspecified atom stereocenters. The van der Waals surface area contributed by atoms with Gasteiger partial charge in [-0.25, -0.2) is 19.5 Å². The van der Waals surface area contributed by atoms with Crippen LogP contribution in [-0.2, 0) is 23.8 Å². The molecule has 4 rings (SSSR count). The summed E-state index contributed by atoms with van der Waals surface area (Å²) in [5.74, 6) is -3.92. The predicted octanol–water partition coefficient (Wildman–Crippen LogP) is -0.277. The molecule has 1 aromatic carbocycles. The van der Waals surface area contributed by atoms with Gasteiger partial charge in [-0.15, -0.1) is 0 Å². The average molecular weight is 393 g/mol. The fourth-order valence-corrected chi connectivity index (χ4v) is 3.97. The molecule has 1 amide bonds. The van der Waals surface area contributed by atoms with E-state index in [0.29, 0.717) is 17.8 Å². The number of nitrogens with zero attached hydrogens (tertiary/aromatic N) is 1. The van der Waals surface area contributed by atoms with Crippen molar-refractivity contribution in [3.8, 4) is 5.75 Å². The van der Waals surface area contributed by atoms with Crippen LogP contribution < -0.4 is 16.1 Å². The standard InChI is InChI=1S/C17H19N3O8/c1-7(21)27-17-9(6-26-16(18)24)13-11(20(28-17)5-10-14(17)19-10)3-8(4-12(13)22)15(23)25-2/h3-4,9-10,14,19,22H,5-6H2,1-2H3,(H2,18,24). The summed E-state index contributed by atoms with van der Waals surface area (Å²) in [5, 5.41) is 15.3. The SMILES string of the molecule is COC(=O)c1cc(O)c2c(c1)N1CC3NC3C(OC(C)=O)(O1)C2COC(N)=O. The van der Waals surface area contributed by atoms with Crippen molar-refractivity contribution < 1.29 is 38.5 Å². The number of hydroxylamine groups is 1. The van der Waals surface area contributed by atoms with E-state index in [4.69, 9.17) is 24.8 Å². The summed E-state index contributed by atoms with van der Waals surface area (Å²) in [6.07, 6.45) is -1.02. The van der Waals surface area contributed by atoms with Crippen LogP contribution in [0.15, 0.2) is 12.1 Å². The number of hydrogen-bond acceptors (Lipinski definition) is 10. The summed E-state index contributed by atoms with van der Waals surface area (Å²) in [7, 11) is 1.23. The molecule has 2 saturated heterocycles. The van der Waals surface area contributed by atoms with Gasteiger partial charge < -0.3 is 30.4 Å². The van der Waals surface area contributed by atoms with Crippen LogP contribution in [-0.4, -0.2) is 61.3 Å². The minimum atomic E-state index is -1.54. The number of nitrogens with two attached hydrogens (primary N) is 1. The molecule has 0 spiro atoms. The second kappa shape index (κ2) is 6.24. The molecule has 3 heterocycles. The zero-order valence-corrected chi connectivity index (χ0v) is 15.1. The zero-order chi connectivity index (χ0) is 20.2. The number of methoxy groups -OCH3 is 1. The molecular formula is C17H19N3O8. The van der Waals surface area contributed by atoms with Crippen molar-refractivity contribution in [1.29, 1.82) is 0 Å². The normalized spacial score (nSPS) is 29.2. The molecule has 4 atom stereocenters. The van der Waals surface area contributed by atoms with Gasteiger partial charge in [0.25, 0.3) is 5.79 Å². The Balaban J connectivity index is 1.87. The molecule has 0 aromatic heterocycles. The highest BCUT2D eigenvalue weighted by molar-refractivity contribution is 5.92. The van der Waals surface area contributed by atoms with Crippen molar-refractivity contribution in [2.24, 2.45) is 5.73 Å². The Morgan fingerprint density at radius 3 is 2.82 bits per heavy atom. The number of amides is 1. The zero-order valence-electron chi connectivity index (χ0n) is 15.1. The van der Waals surface area contributed by atoms with Crippen LogP contribution in [0.3, 0.4) is 0 Å². The molecule has 11 heteroatoms. The van der Waals surface area contributed by atoms with Gasteiger partial charge in [0.1, 0.15) is 12.4 Å². The van der Waals surface area contributed by atoms with Crippen LogP contribution in [0.25, 0.3) is 0 Å². The molecular weight excluding hydrogens is 374 g/mol. The number of esters is 2. The number of ether oxygens (including phenoxy) is 3. The largest absolute Gasteiger partial charge is 0.508 e. The lowest BCUT2D eigenvalue weighted by Gasteiger charge is -2.49. The van der Waals surface area contributed by atoms with Gasteiger partial charge in [0.05, 0.1) is 36.9 Å². The van der Waals surface area contributed by atoms with Crippen molar-refractivity contribution in [2.45, 2.75) is 30.7 Å². The highest BCUT2D eigenvalue weighted by Crippen LogP contribution is 2.55. The van der Waals surface area contributed by atoms with Gasteiger partial charge in [-0.05, 0) is 12.1 Å². The third kappa shape index (κ3) is 2.70. The van der Waals surface area contributed by atoms with Gasteiger partial charge in [0.2, 0.25) is 0 Å². The summed E-state index contributed by atoms with van der Waals surface area (Å²) in [6, 6.07) is 2.32. The Labute approximate surface area is 159 Å². The summed E-state index contributed by atoms with van der Waals surface area (Å²) in [5.41, 5.74) is 5.92. The Bertz CT molecular complexity index is 874. The van der Waals surface area contributed by atoms with Crippen molar-refractivity contribution in [1.82, 2.24) is 5.32 Å². The van der Waals surface area contributed by atoms with Crippen LogP contribution in [0.4, 0.5) is 10.5 Å². The maximum Gasteiger partial charge on any atom is 0.404 e. The number of phenols is 1. The second-order valence-electron chi connectivity index (χ2n) is 6.82. The predicted molar refractivity (Wildman–Crippen MR) is 91.4 cm³/mol. The van der Waals surface area contributed by atoms with E-state index in [1.165, 1.54) is 31.2 Å². The number of carbonyl (C=O) groups is 3. The number of hydrogen-bond donors (Lipinski definition) is 3. The number of nitrogens with one attached hydrogen (secondary N) is 1. The minimum Gasteiger partial charge on any atom is -0.508 e. The first kappa shape index (κ1) is 18.3. The van der Waals surface area contributed by atoms with Crippen molar-refractivity contribution >= 4 is 23.7 Å². The molecule has 11 nitrogen and oxygen atoms in total. The van der Waals surface area contributed by atoms with Gasteiger partial charge in [-0.1, -0.05) is 0 Å². The number of carbonyl (C=O) groups excluding carboxylic acids is 3. The van der Waals surface area contributed by atoms with Crippen LogP contribution in [0, 0.1) is 0 Å². The van der Waals surface area contributed by atoms with Crippen molar-refractivity contribution in [3.63, 3.8) is 0 Å². The van der Waals surface area contributed by atoms with E-state index in [1.54, 1.807) is 0 Å². The van der Waals surface area contributed by atoms with E-state index in [0.717, 1.165) is 0 Å². The van der Waals surface area contributed by atoms with Crippen molar-refractivity contribution in [3.05, 3.63) is 23.3 Å². The monoisotopic (exact) mass is 393 g/mol. The third-order valence-electron chi connectivity index (χ3n) is 5.09. The molecule has 4 N–H and O–H groups in total.